The summed E-state index contributed by atoms with van der Waals surface area (Å²) in [5.74, 6) is 0.538. The summed E-state index contributed by atoms with van der Waals surface area (Å²) in [6.07, 6.45) is 2.43. The lowest BCUT2D eigenvalue weighted by Crippen LogP contribution is -2.16. The van der Waals surface area contributed by atoms with Gasteiger partial charge in [-0.3, -0.25) is 0 Å². The van der Waals surface area contributed by atoms with E-state index in [-0.39, 0.29) is 5.82 Å². The fraction of sp³-hybridized carbons (Fsp3) is 0.214. The van der Waals surface area contributed by atoms with E-state index in [0.29, 0.717) is 12.1 Å². The first-order valence-electron chi connectivity index (χ1n) is 5.70. The lowest BCUT2D eigenvalue weighted by molar-refractivity contribution is 0.498. The number of furan rings is 1. The SMILES string of the molecule is N#Cc1cc(F)cc(CNCCc2ccco2)c1. The van der Waals surface area contributed by atoms with Crippen LogP contribution in [0.1, 0.15) is 16.9 Å². The average Bonchev–Trinajstić information content (AvgIpc) is 2.87. The summed E-state index contributed by atoms with van der Waals surface area (Å²) in [7, 11) is 0. The fourth-order valence-electron chi connectivity index (χ4n) is 1.72. The summed E-state index contributed by atoms with van der Waals surface area (Å²) in [6.45, 7) is 1.28. The molecule has 92 valence electrons. The average molecular weight is 244 g/mol. The van der Waals surface area contributed by atoms with Gasteiger partial charge in [0.2, 0.25) is 0 Å². The lowest BCUT2D eigenvalue weighted by Gasteiger charge is -2.04. The molecule has 1 heterocycles. The summed E-state index contributed by atoms with van der Waals surface area (Å²) >= 11 is 0. The van der Waals surface area contributed by atoms with Crippen LogP contribution < -0.4 is 5.32 Å². The van der Waals surface area contributed by atoms with Gasteiger partial charge in [0, 0.05) is 19.5 Å². The Hall–Kier alpha value is -2.12. The Morgan fingerprint density at radius 2 is 2.22 bits per heavy atom. The molecule has 0 fully saturated rings. The van der Waals surface area contributed by atoms with E-state index in [4.69, 9.17) is 9.68 Å². The van der Waals surface area contributed by atoms with Crippen molar-refractivity contribution >= 4 is 0 Å². The van der Waals surface area contributed by atoms with E-state index in [0.717, 1.165) is 24.3 Å². The van der Waals surface area contributed by atoms with Gasteiger partial charge in [-0.05, 0) is 35.9 Å². The Labute approximate surface area is 105 Å². The summed E-state index contributed by atoms with van der Waals surface area (Å²) in [4.78, 5) is 0. The number of hydrogen-bond donors (Lipinski definition) is 1. The van der Waals surface area contributed by atoms with Gasteiger partial charge in [0.05, 0.1) is 17.9 Å². The maximum absolute atomic E-state index is 13.2. The quantitative estimate of drug-likeness (QED) is 0.822. The molecule has 0 aliphatic carbocycles. The van der Waals surface area contributed by atoms with E-state index in [1.54, 1.807) is 12.3 Å². The first-order valence-corrected chi connectivity index (χ1v) is 5.70. The summed E-state index contributed by atoms with van der Waals surface area (Å²) in [6, 6.07) is 10.0. The number of halogens is 1. The molecule has 0 spiro atoms. The summed E-state index contributed by atoms with van der Waals surface area (Å²) in [5.41, 5.74) is 1.11. The van der Waals surface area contributed by atoms with E-state index < -0.39 is 0 Å². The van der Waals surface area contributed by atoms with E-state index in [2.05, 4.69) is 5.32 Å². The summed E-state index contributed by atoms with van der Waals surface area (Å²) in [5, 5.41) is 11.9. The highest BCUT2D eigenvalue weighted by molar-refractivity contribution is 5.33. The van der Waals surface area contributed by atoms with E-state index in [1.165, 1.54) is 12.1 Å². The van der Waals surface area contributed by atoms with Gasteiger partial charge in [-0.1, -0.05) is 0 Å². The van der Waals surface area contributed by atoms with Crippen molar-refractivity contribution in [2.24, 2.45) is 0 Å². The molecule has 0 atom stereocenters. The second-order valence-electron chi connectivity index (χ2n) is 3.97. The molecule has 2 aromatic rings. The first-order chi connectivity index (χ1) is 8.78. The minimum Gasteiger partial charge on any atom is -0.469 e. The molecule has 1 aromatic carbocycles. The maximum atomic E-state index is 13.2. The molecule has 0 saturated carbocycles. The molecule has 0 saturated heterocycles. The molecular weight excluding hydrogens is 231 g/mol. The Morgan fingerprint density at radius 1 is 1.33 bits per heavy atom. The number of hydrogen-bond acceptors (Lipinski definition) is 3. The van der Waals surface area contributed by atoms with Crippen LogP contribution in [0.5, 0.6) is 0 Å². The topological polar surface area (TPSA) is 49.0 Å². The zero-order chi connectivity index (χ0) is 12.8. The third kappa shape index (κ3) is 3.44. The maximum Gasteiger partial charge on any atom is 0.124 e. The zero-order valence-corrected chi connectivity index (χ0v) is 9.82. The van der Waals surface area contributed by atoms with Crippen LogP contribution in [0, 0.1) is 17.1 Å². The molecule has 0 aliphatic heterocycles. The van der Waals surface area contributed by atoms with Crippen LogP contribution in [0.4, 0.5) is 4.39 Å². The standard InChI is InChI=1S/C14H13FN2O/c15-13-7-11(9-16)6-12(8-13)10-17-4-3-14-2-1-5-18-14/h1-2,5-8,17H,3-4,10H2. The van der Waals surface area contributed by atoms with E-state index in [1.807, 2.05) is 18.2 Å². The molecule has 3 nitrogen and oxygen atoms in total. The van der Waals surface area contributed by atoms with Gasteiger partial charge >= 0.3 is 0 Å². The molecule has 4 heteroatoms. The lowest BCUT2D eigenvalue weighted by atomic mass is 10.1. The molecule has 0 radical (unpaired) electrons. The second-order valence-corrected chi connectivity index (χ2v) is 3.97. The fourth-order valence-corrected chi connectivity index (χ4v) is 1.72. The molecule has 0 aliphatic rings. The van der Waals surface area contributed by atoms with Crippen molar-refractivity contribution in [3.05, 3.63) is 59.3 Å². The molecular formula is C14H13FN2O. The summed E-state index contributed by atoms with van der Waals surface area (Å²) < 4.78 is 18.4. The predicted octanol–water partition coefficient (Wildman–Crippen LogP) is 2.62. The third-order valence-corrected chi connectivity index (χ3v) is 2.54. The number of nitriles is 1. The Morgan fingerprint density at radius 3 is 2.94 bits per heavy atom. The van der Waals surface area contributed by atoms with Gasteiger partial charge in [0.1, 0.15) is 11.6 Å². The number of benzene rings is 1. The van der Waals surface area contributed by atoms with Crippen molar-refractivity contribution in [2.75, 3.05) is 6.54 Å². The van der Waals surface area contributed by atoms with Gasteiger partial charge in [0.25, 0.3) is 0 Å². The van der Waals surface area contributed by atoms with Crippen molar-refractivity contribution in [2.45, 2.75) is 13.0 Å². The minimum absolute atomic E-state index is 0.345. The van der Waals surface area contributed by atoms with Gasteiger partial charge in [-0.2, -0.15) is 5.26 Å². The monoisotopic (exact) mass is 244 g/mol. The molecule has 18 heavy (non-hydrogen) atoms. The van der Waals surface area contributed by atoms with E-state index in [9.17, 15) is 4.39 Å². The highest BCUT2D eigenvalue weighted by Crippen LogP contribution is 2.08. The highest BCUT2D eigenvalue weighted by Gasteiger charge is 2.01. The molecule has 2 rings (SSSR count). The largest absolute Gasteiger partial charge is 0.469 e. The molecule has 0 bridgehead atoms. The molecule has 0 amide bonds. The van der Waals surface area contributed by atoms with E-state index >= 15 is 0 Å². The van der Waals surface area contributed by atoms with Crippen molar-refractivity contribution in [3.8, 4) is 6.07 Å². The van der Waals surface area contributed by atoms with Crippen molar-refractivity contribution < 1.29 is 8.81 Å². The Kier molecular flexibility index (Phi) is 4.11. The number of nitrogens with zero attached hydrogens (tertiary/aromatic N) is 1. The van der Waals surface area contributed by atoms with Crippen LogP contribution in [0.25, 0.3) is 0 Å². The van der Waals surface area contributed by atoms with Crippen LogP contribution in [0.3, 0.4) is 0 Å². The molecule has 1 N–H and O–H groups in total. The van der Waals surface area contributed by atoms with Crippen molar-refractivity contribution in [1.82, 2.24) is 5.32 Å². The first kappa shape index (κ1) is 12.3. The van der Waals surface area contributed by atoms with Crippen LogP contribution in [0.15, 0.2) is 41.0 Å². The van der Waals surface area contributed by atoms with Crippen molar-refractivity contribution in [3.63, 3.8) is 0 Å². The van der Waals surface area contributed by atoms with Gasteiger partial charge in [-0.25, -0.2) is 4.39 Å². The van der Waals surface area contributed by atoms with Crippen LogP contribution in [0.2, 0.25) is 0 Å². The number of rotatable bonds is 5. The Bertz CT molecular complexity index is 543. The normalized spacial score (nSPS) is 10.2. The molecule has 0 unspecified atom stereocenters. The highest BCUT2D eigenvalue weighted by atomic mass is 19.1. The molecule has 1 aromatic heterocycles. The van der Waals surface area contributed by atoms with Crippen LogP contribution in [-0.2, 0) is 13.0 Å². The third-order valence-electron chi connectivity index (χ3n) is 2.54. The van der Waals surface area contributed by atoms with Crippen LogP contribution in [-0.4, -0.2) is 6.54 Å². The van der Waals surface area contributed by atoms with Crippen molar-refractivity contribution in [1.29, 1.82) is 5.26 Å². The minimum atomic E-state index is -0.378. The van der Waals surface area contributed by atoms with Crippen LogP contribution >= 0.6 is 0 Å². The smallest absolute Gasteiger partial charge is 0.124 e. The number of nitrogens with one attached hydrogen (secondary N) is 1. The predicted molar refractivity (Wildman–Crippen MR) is 65.2 cm³/mol. The zero-order valence-electron chi connectivity index (χ0n) is 9.82. The second kappa shape index (κ2) is 5.99. The Balaban J connectivity index is 1.83. The van der Waals surface area contributed by atoms with Gasteiger partial charge < -0.3 is 9.73 Å². The van der Waals surface area contributed by atoms with Gasteiger partial charge in [-0.15, -0.1) is 0 Å². The van der Waals surface area contributed by atoms with Gasteiger partial charge in [0.15, 0.2) is 0 Å².